The number of hydrogen-bond acceptors (Lipinski definition) is 2. The molecule has 2 rings (SSSR count). The number of benzene rings is 2. The summed E-state index contributed by atoms with van der Waals surface area (Å²) in [5, 5.41) is 0. The lowest BCUT2D eigenvalue weighted by molar-refractivity contribution is 0.535. The molecule has 0 saturated heterocycles. The van der Waals surface area contributed by atoms with E-state index in [9.17, 15) is 4.55 Å². The molecule has 2 aromatic rings. The van der Waals surface area contributed by atoms with Crippen molar-refractivity contribution >= 4 is 11.4 Å². The van der Waals surface area contributed by atoms with Gasteiger partial charge in [-0.2, -0.15) is 0 Å². The molecular formula is C18H23NOS. The van der Waals surface area contributed by atoms with Crippen molar-refractivity contribution < 1.29 is 4.55 Å². The van der Waals surface area contributed by atoms with E-state index in [0.717, 1.165) is 11.1 Å². The summed E-state index contributed by atoms with van der Waals surface area (Å²) in [6.07, 6.45) is 0. The van der Waals surface area contributed by atoms with Crippen LogP contribution in [0.3, 0.4) is 0 Å². The zero-order chi connectivity index (χ0) is 15.5. The predicted octanol–water partition coefficient (Wildman–Crippen LogP) is 4.14. The Morgan fingerprint density at radius 1 is 0.905 bits per heavy atom. The number of aryl methyl sites for hydroxylation is 1. The molecule has 0 aromatic heterocycles. The molecule has 2 aromatic carbocycles. The van der Waals surface area contributed by atoms with Crippen molar-refractivity contribution in [2.45, 2.75) is 38.5 Å². The van der Waals surface area contributed by atoms with Gasteiger partial charge in [-0.3, -0.25) is 0 Å². The van der Waals surface area contributed by atoms with Gasteiger partial charge in [0.15, 0.2) is 0 Å². The first-order valence-corrected chi connectivity index (χ1v) is 8.32. The number of nitrogens with one attached hydrogen (secondary N) is 1. The Morgan fingerprint density at radius 2 is 1.43 bits per heavy atom. The zero-order valence-electron chi connectivity index (χ0n) is 13.1. The highest BCUT2D eigenvalue weighted by Crippen LogP contribution is 2.26. The smallest absolute Gasteiger partial charge is 0.136 e. The third kappa shape index (κ3) is 4.34. The molecule has 0 amide bonds. The zero-order valence-corrected chi connectivity index (χ0v) is 13.9. The summed E-state index contributed by atoms with van der Waals surface area (Å²) in [7, 11) is 0. The Balaban J connectivity index is 2.33. The molecule has 0 bridgehead atoms. The van der Waals surface area contributed by atoms with Gasteiger partial charge in [0, 0.05) is 11.4 Å². The molecule has 0 aliphatic heterocycles. The van der Waals surface area contributed by atoms with Crippen molar-refractivity contribution in [3.05, 3.63) is 71.3 Å². The lowest BCUT2D eigenvalue weighted by Gasteiger charge is -2.28. The second-order valence-corrected chi connectivity index (χ2v) is 8.25. The minimum atomic E-state index is -1.12. The minimum absolute atomic E-state index is 0.0631. The Hall–Kier alpha value is -1.29. The summed E-state index contributed by atoms with van der Waals surface area (Å²) in [5.41, 5.74) is 3.48. The minimum Gasteiger partial charge on any atom is -0.598 e. The van der Waals surface area contributed by atoms with Crippen molar-refractivity contribution in [3.8, 4) is 0 Å². The van der Waals surface area contributed by atoms with Crippen molar-refractivity contribution in [1.82, 2.24) is 4.72 Å². The van der Waals surface area contributed by atoms with E-state index in [1.54, 1.807) is 0 Å². The average Bonchev–Trinajstić information content (AvgIpc) is 2.45. The van der Waals surface area contributed by atoms with E-state index in [0.29, 0.717) is 0 Å². The maximum Gasteiger partial charge on any atom is 0.136 e. The monoisotopic (exact) mass is 301 g/mol. The quantitative estimate of drug-likeness (QED) is 0.862. The Bertz CT molecular complexity index is 560. The van der Waals surface area contributed by atoms with Crippen LogP contribution in [0.25, 0.3) is 0 Å². The molecule has 2 nitrogen and oxygen atoms in total. The molecule has 0 heterocycles. The van der Waals surface area contributed by atoms with Crippen LogP contribution in [-0.2, 0) is 11.4 Å². The predicted molar refractivity (Wildman–Crippen MR) is 90.5 cm³/mol. The lowest BCUT2D eigenvalue weighted by Crippen LogP contribution is -2.41. The van der Waals surface area contributed by atoms with Crippen LogP contribution in [-0.4, -0.2) is 9.30 Å². The second kappa shape index (κ2) is 6.65. The van der Waals surface area contributed by atoms with E-state index in [-0.39, 0.29) is 10.8 Å². The van der Waals surface area contributed by atoms with Crippen LogP contribution >= 0.6 is 0 Å². The highest BCUT2D eigenvalue weighted by molar-refractivity contribution is 7.90. The van der Waals surface area contributed by atoms with Crippen LogP contribution in [0, 0.1) is 6.92 Å². The summed E-state index contributed by atoms with van der Waals surface area (Å²) in [5.74, 6) is 0. The SMILES string of the molecule is Cc1ccc([C@@H](N[S+]([O-])C(C)(C)C)c2ccccc2)cc1. The highest BCUT2D eigenvalue weighted by atomic mass is 32.2. The van der Waals surface area contributed by atoms with Crippen LogP contribution in [0.2, 0.25) is 0 Å². The third-order valence-corrected chi connectivity index (χ3v) is 4.89. The topological polar surface area (TPSA) is 35.1 Å². The van der Waals surface area contributed by atoms with Gasteiger partial charge in [0.05, 0.1) is 0 Å². The lowest BCUT2D eigenvalue weighted by atomic mass is 9.99. The molecule has 1 N–H and O–H groups in total. The van der Waals surface area contributed by atoms with Gasteiger partial charge in [-0.05, 0) is 38.8 Å². The van der Waals surface area contributed by atoms with Crippen LogP contribution in [0.1, 0.15) is 43.5 Å². The molecule has 0 aliphatic rings. The molecule has 2 atom stereocenters. The van der Waals surface area contributed by atoms with Crippen LogP contribution < -0.4 is 4.72 Å². The van der Waals surface area contributed by atoms with E-state index in [1.807, 2.05) is 39.0 Å². The van der Waals surface area contributed by atoms with E-state index in [2.05, 4.69) is 48.0 Å². The van der Waals surface area contributed by atoms with Crippen LogP contribution in [0.4, 0.5) is 0 Å². The first-order chi connectivity index (χ1) is 9.88. The van der Waals surface area contributed by atoms with Gasteiger partial charge >= 0.3 is 0 Å². The van der Waals surface area contributed by atoms with Crippen molar-refractivity contribution in [1.29, 1.82) is 0 Å². The van der Waals surface area contributed by atoms with Crippen LogP contribution in [0.5, 0.6) is 0 Å². The fourth-order valence-electron chi connectivity index (χ4n) is 2.02. The molecule has 0 fully saturated rings. The van der Waals surface area contributed by atoms with E-state index in [4.69, 9.17) is 0 Å². The molecule has 0 radical (unpaired) electrons. The Labute approximate surface area is 130 Å². The molecule has 3 heteroatoms. The molecule has 112 valence electrons. The summed E-state index contributed by atoms with van der Waals surface area (Å²) < 4.78 is 15.5. The summed E-state index contributed by atoms with van der Waals surface area (Å²) >= 11 is -1.12. The Morgan fingerprint density at radius 3 is 1.95 bits per heavy atom. The summed E-state index contributed by atoms with van der Waals surface area (Å²) in [6.45, 7) is 8.01. The van der Waals surface area contributed by atoms with Crippen LogP contribution in [0.15, 0.2) is 54.6 Å². The maximum atomic E-state index is 12.5. The molecule has 0 saturated carbocycles. The molecule has 0 spiro atoms. The van der Waals surface area contributed by atoms with Gasteiger partial charge < -0.3 is 4.55 Å². The van der Waals surface area contributed by atoms with Gasteiger partial charge in [0.2, 0.25) is 0 Å². The first-order valence-electron chi connectivity index (χ1n) is 7.17. The maximum absolute atomic E-state index is 12.5. The fraction of sp³-hybridized carbons (Fsp3) is 0.333. The highest BCUT2D eigenvalue weighted by Gasteiger charge is 2.30. The van der Waals surface area contributed by atoms with E-state index in [1.165, 1.54) is 5.56 Å². The molecular weight excluding hydrogens is 278 g/mol. The van der Waals surface area contributed by atoms with Crippen molar-refractivity contribution in [2.24, 2.45) is 0 Å². The van der Waals surface area contributed by atoms with Gasteiger partial charge in [-0.1, -0.05) is 60.2 Å². The Kier molecular flexibility index (Phi) is 5.09. The molecule has 21 heavy (non-hydrogen) atoms. The van der Waals surface area contributed by atoms with Gasteiger partial charge in [0.25, 0.3) is 0 Å². The number of hydrogen-bond donors (Lipinski definition) is 1. The number of rotatable bonds is 4. The summed E-state index contributed by atoms with van der Waals surface area (Å²) in [6, 6.07) is 18.5. The molecule has 0 aliphatic carbocycles. The van der Waals surface area contributed by atoms with Crippen molar-refractivity contribution in [2.75, 3.05) is 0 Å². The van der Waals surface area contributed by atoms with Gasteiger partial charge in [0.1, 0.15) is 10.8 Å². The summed E-state index contributed by atoms with van der Waals surface area (Å²) in [4.78, 5) is 0. The van der Waals surface area contributed by atoms with Gasteiger partial charge in [-0.25, -0.2) is 0 Å². The van der Waals surface area contributed by atoms with Crippen molar-refractivity contribution in [3.63, 3.8) is 0 Å². The van der Waals surface area contributed by atoms with E-state index < -0.39 is 11.4 Å². The van der Waals surface area contributed by atoms with Gasteiger partial charge in [-0.15, -0.1) is 4.72 Å². The van der Waals surface area contributed by atoms with E-state index >= 15 is 0 Å². The normalized spacial score (nSPS) is 14.7. The largest absolute Gasteiger partial charge is 0.598 e. The standard InChI is InChI=1S/C18H23NOS/c1-14-10-12-16(13-11-14)17(15-8-6-5-7-9-15)19-21(20)18(2,3)4/h5-13,17,19H,1-4H3/t17-,21?/m0/s1. The first kappa shape index (κ1) is 16.1. The second-order valence-electron chi connectivity index (χ2n) is 6.25. The third-order valence-electron chi connectivity index (χ3n) is 3.32. The molecule has 1 unspecified atom stereocenters. The average molecular weight is 301 g/mol. The fourth-order valence-corrected chi connectivity index (χ4v) is 2.86.